The minimum Gasteiger partial charge on any atom is -0.356 e. The number of hydrogen-bond acceptors (Lipinski definition) is 3. The summed E-state index contributed by atoms with van der Waals surface area (Å²) in [5, 5.41) is 3.98. The average Bonchev–Trinajstić information content (AvgIpc) is 2.92. The highest BCUT2D eigenvalue weighted by Crippen LogP contribution is 2.17. The van der Waals surface area contributed by atoms with Crippen LogP contribution in [0.4, 0.5) is 0 Å². The zero-order chi connectivity index (χ0) is 16.3. The second kappa shape index (κ2) is 8.57. The van der Waals surface area contributed by atoms with Gasteiger partial charge in [0.2, 0.25) is 0 Å². The Morgan fingerprint density at radius 1 is 1.57 bits per heavy atom. The quantitative estimate of drug-likeness (QED) is 0.410. The Kier molecular flexibility index (Phi) is 7.66. The zero-order valence-corrected chi connectivity index (χ0v) is 17.5. The maximum absolute atomic E-state index is 11.5. The fourth-order valence-electron chi connectivity index (χ4n) is 2.69. The molecule has 1 aromatic heterocycles. The van der Waals surface area contributed by atoms with Crippen LogP contribution in [0.5, 0.6) is 0 Å². The van der Waals surface area contributed by atoms with Crippen LogP contribution in [0, 0.1) is 5.92 Å². The molecule has 1 atom stereocenters. The summed E-state index contributed by atoms with van der Waals surface area (Å²) < 4.78 is 25.0. The molecule has 0 spiro atoms. The van der Waals surface area contributed by atoms with Crippen LogP contribution in [-0.4, -0.2) is 56.0 Å². The molecule has 0 aliphatic carbocycles. The van der Waals surface area contributed by atoms with E-state index in [1.165, 1.54) is 0 Å². The lowest BCUT2D eigenvalue weighted by Gasteiger charge is -2.23. The number of nitrogens with zero attached hydrogens (tertiary/aromatic N) is 3. The molecule has 1 saturated heterocycles. The average molecular weight is 475 g/mol. The van der Waals surface area contributed by atoms with Crippen LogP contribution in [0.2, 0.25) is 5.02 Å². The summed E-state index contributed by atoms with van der Waals surface area (Å²) in [5.41, 5.74) is 1.08. The van der Waals surface area contributed by atoms with Gasteiger partial charge in [-0.1, -0.05) is 11.6 Å². The van der Waals surface area contributed by atoms with Crippen LogP contribution in [0.1, 0.15) is 12.1 Å². The molecule has 1 aliphatic rings. The van der Waals surface area contributed by atoms with E-state index in [0.717, 1.165) is 18.1 Å². The van der Waals surface area contributed by atoms with Crippen molar-refractivity contribution in [2.75, 3.05) is 32.1 Å². The number of rotatable bonds is 4. The molecule has 0 bridgehead atoms. The van der Waals surface area contributed by atoms with Gasteiger partial charge in [-0.3, -0.25) is 4.99 Å². The first-order chi connectivity index (χ1) is 10.3. The zero-order valence-electron chi connectivity index (χ0n) is 13.6. The van der Waals surface area contributed by atoms with E-state index in [4.69, 9.17) is 11.6 Å². The predicted molar refractivity (Wildman–Crippen MR) is 105 cm³/mol. The molecule has 1 aliphatic heterocycles. The maximum Gasteiger partial charge on any atom is 0.193 e. The van der Waals surface area contributed by atoms with E-state index in [1.54, 1.807) is 7.05 Å². The molecule has 0 amide bonds. The Hall–Kier alpha value is -0.480. The second-order valence-corrected chi connectivity index (χ2v) is 8.48. The Labute approximate surface area is 160 Å². The lowest BCUT2D eigenvalue weighted by Crippen LogP contribution is -2.41. The van der Waals surface area contributed by atoms with Gasteiger partial charge in [0.15, 0.2) is 15.8 Å². The van der Waals surface area contributed by atoms with Gasteiger partial charge in [0.1, 0.15) is 0 Å². The third-order valence-corrected chi connectivity index (χ3v) is 5.97. The first-order valence-corrected chi connectivity index (χ1v) is 9.43. The van der Waals surface area contributed by atoms with Gasteiger partial charge >= 0.3 is 0 Å². The number of aromatic nitrogens is 1. The van der Waals surface area contributed by atoms with Crippen molar-refractivity contribution < 1.29 is 8.42 Å². The summed E-state index contributed by atoms with van der Waals surface area (Å²) in [4.78, 5) is 6.25. The third kappa shape index (κ3) is 5.82. The van der Waals surface area contributed by atoms with Crippen LogP contribution < -0.4 is 5.32 Å². The molecular weight excluding hydrogens is 451 g/mol. The van der Waals surface area contributed by atoms with E-state index in [0.29, 0.717) is 23.9 Å². The highest BCUT2D eigenvalue weighted by atomic mass is 127. The Morgan fingerprint density at radius 2 is 2.26 bits per heavy atom. The van der Waals surface area contributed by atoms with E-state index in [1.807, 2.05) is 35.8 Å². The van der Waals surface area contributed by atoms with Crippen molar-refractivity contribution in [3.05, 3.63) is 23.0 Å². The molecule has 0 saturated carbocycles. The van der Waals surface area contributed by atoms with Gasteiger partial charge < -0.3 is 14.8 Å². The Balaban J connectivity index is 0.00000264. The summed E-state index contributed by atoms with van der Waals surface area (Å²) in [5.74, 6) is 1.49. The third-order valence-electron chi connectivity index (χ3n) is 3.92. The highest BCUT2D eigenvalue weighted by molar-refractivity contribution is 14.0. The molecule has 2 rings (SSSR count). The molecule has 0 radical (unpaired) electrons. The number of sulfone groups is 1. The largest absolute Gasteiger partial charge is 0.356 e. The molecule has 1 fully saturated rings. The van der Waals surface area contributed by atoms with Crippen LogP contribution in [-0.2, 0) is 23.4 Å². The predicted octanol–water partition coefficient (Wildman–Crippen LogP) is 1.74. The fourth-order valence-corrected chi connectivity index (χ4v) is 4.83. The molecule has 1 unspecified atom stereocenters. The van der Waals surface area contributed by atoms with Crippen molar-refractivity contribution in [3.8, 4) is 0 Å². The molecule has 0 aromatic carbocycles. The Morgan fingerprint density at radius 3 is 2.74 bits per heavy atom. The number of guanidine groups is 1. The molecule has 1 N–H and O–H groups in total. The summed E-state index contributed by atoms with van der Waals surface area (Å²) >= 11 is 5.99. The number of aryl methyl sites for hydroxylation is 1. The van der Waals surface area contributed by atoms with Crippen molar-refractivity contribution in [1.82, 2.24) is 14.8 Å². The van der Waals surface area contributed by atoms with E-state index in [2.05, 4.69) is 10.3 Å². The summed E-state index contributed by atoms with van der Waals surface area (Å²) in [6.07, 6.45) is 2.59. The van der Waals surface area contributed by atoms with Crippen LogP contribution in [0.25, 0.3) is 0 Å². The van der Waals surface area contributed by atoms with E-state index < -0.39 is 9.84 Å². The van der Waals surface area contributed by atoms with Crippen LogP contribution in [0.3, 0.4) is 0 Å². The topological polar surface area (TPSA) is 66.7 Å². The van der Waals surface area contributed by atoms with Gasteiger partial charge in [0.25, 0.3) is 0 Å². The SMILES string of the molecule is CN=C(NCC1CCS(=O)(=O)C1)N(C)Cc1cc(Cl)cn1C.I. The molecular formula is C14H24ClIN4O2S. The first kappa shape index (κ1) is 20.6. The van der Waals surface area contributed by atoms with Gasteiger partial charge in [-0.05, 0) is 18.4 Å². The van der Waals surface area contributed by atoms with Gasteiger partial charge in [-0.25, -0.2) is 8.42 Å². The van der Waals surface area contributed by atoms with Crippen molar-refractivity contribution in [2.45, 2.75) is 13.0 Å². The number of halogens is 2. The summed E-state index contributed by atoms with van der Waals surface area (Å²) in [7, 11) is 2.79. The molecule has 6 nitrogen and oxygen atoms in total. The number of aliphatic imine (C=N–C) groups is 1. The van der Waals surface area contributed by atoms with E-state index in [9.17, 15) is 8.42 Å². The molecule has 1 aromatic rings. The standard InChI is InChI=1S/C14H23ClN4O2S.HI/c1-16-14(17-7-11-4-5-22(20,21)10-11)19(3)9-13-6-12(15)8-18(13)2;/h6,8,11H,4-5,7,9-10H2,1-3H3,(H,16,17);1H. The van der Waals surface area contributed by atoms with E-state index in [-0.39, 0.29) is 35.6 Å². The van der Waals surface area contributed by atoms with Crippen molar-refractivity contribution in [3.63, 3.8) is 0 Å². The fraction of sp³-hybridized carbons (Fsp3) is 0.643. The minimum atomic E-state index is -2.83. The summed E-state index contributed by atoms with van der Waals surface area (Å²) in [6.45, 7) is 1.30. The Bertz CT molecular complexity index is 660. The van der Waals surface area contributed by atoms with Crippen LogP contribution >= 0.6 is 35.6 Å². The molecule has 2 heterocycles. The van der Waals surface area contributed by atoms with Crippen molar-refractivity contribution >= 4 is 51.4 Å². The van der Waals surface area contributed by atoms with Gasteiger partial charge in [-0.2, -0.15) is 0 Å². The second-order valence-electron chi connectivity index (χ2n) is 5.81. The smallest absolute Gasteiger partial charge is 0.193 e. The number of nitrogens with one attached hydrogen (secondary N) is 1. The lowest BCUT2D eigenvalue weighted by molar-refractivity contribution is 0.451. The number of hydrogen-bond donors (Lipinski definition) is 1. The maximum atomic E-state index is 11.5. The monoisotopic (exact) mass is 474 g/mol. The van der Waals surface area contributed by atoms with E-state index >= 15 is 0 Å². The molecule has 9 heteroatoms. The molecule has 132 valence electrons. The first-order valence-electron chi connectivity index (χ1n) is 7.23. The van der Waals surface area contributed by atoms with Crippen molar-refractivity contribution in [2.24, 2.45) is 18.0 Å². The normalized spacial score (nSPS) is 20.2. The van der Waals surface area contributed by atoms with Gasteiger partial charge in [-0.15, -0.1) is 24.0 Å². The minimum absolute atomic E-state index is 0. The highest BCUT2D eigenvalue weighted by Gasteiger charge is 2.27. The van der Waals surface area contributed by atoms with Crippen LogP contribution in [0.15, 0.2) is 17.3 Å². The van der Waals surface area contributed by atoms with Gasteiger partial charge in [0, 0.05) is 39.6 Å². The molecule has 23 heavy (non-hydrogen) atoms. The van der Waals surface area contributed by atoms with Gasteiger partial charge in [0.05, 0.1) is 23.1 Å². The van der Waals surface area contributed by atoms with Crippen molar-refractivity contribution in [1.29, 1.82) is 0 Å². The summed E-state index contributed by atoms with van der Waals surface area (Å²) in [6, 6.07) is 1.93. The lowest BCUT2D eigenvalue weighted by atomic mass is 10.1.